The van der Waals surface area contributed by atoms with Crippen molar-refractivity contribution >= 4 is 23.2 Å². The fourth-order valence-corrected chi connectivity index (χ4v) is 4.67. The maximum absolute atomic E-state index is 14.7. The second-order valence-electron chi connectivity index (χ2n) is 8.61. The second kappa shape index (κ2) is 8.89. The number of nitrogens with one attached hydrogen (secondary N) is 2. The first-order chi connectivity index (χ1) is 17.5. The molecule has 0 saturated heterocycles. The zero-order valence-electron chi connectivity index (χ0n) is 19.1. The summed E-state index contributed by atoms with van der Waals surface area (Å²) < 4.78 is 58.4. The summed E-state index contributed by atoms with van der Waals surface area (Å²) in [6, 6.07) is 13.3. The van der Waals surface area contributed by atoms with Gasteiger partial charge in [-0.25, -0.2) is 4.39 Å². The minimum absolute atomic E-state index is 0.0499. The summed E-state index contributed by atoms with van der Waals surface area (Å²) in [4.78, 5) is 12.7. The molecule has 4 aromatic rings. The standard InChI is InChI=1S/C26H19ClF4N4O2/c1-14(24(36)34-33-22-9-5-4-8-21(22)27)35-13-15(12-32-35)18-10-16(28)11-20-23(18)17-6-2-3-7-19(17)25(20,37)26(29,30)31/h2-14,33,37H,1H3,(H,34,36). The number of fused-ring (bicyclic) bond motifs is 3. The van der Waals surface area contributed by atoms with Gasteiger partial charge in [-0.2, -0.15) is 18.3 Å². The number of hydrogen-bond donors (Lipinski definition) is 3. The van der Waals surface area contributed by atoms with Crippen LogP contribution in [0.2, 0.25) is 5.02 Å². The SMILES string of the molecule is CC(C(=O)NNc1ccccc1Cl)n1cc(-c2cc(F)cc3c2-c2ccccc2C3(O)C(F)(F)F)cn1. The minimum Gasteiger partial charge on any atom is -0.372 e. The van der Waals surface area contributed by atoms with E-state index in [-0.39, 0.29) is 27.8 Å². The number of amides is 1. The first-order valence-corrected chi connectivity index (χ1v) is 11.5. The molecule has 0 saturated carbocycles. The van der Waals surface area contributed by atoms with E-state index in [0.29, 0.717) is 16.8 Å². The topological polar surface area (TPSA) is 79.2 Å². The van der Waals surface area contributed by atoms with Crippen LogP contribution in [0.25, 0.3) is 22.3 Å². The number of para-hydroxylation sites is 1. The molecule has 0 bridgehead atoms. The van der Waals surface area contributed by atoms with Gasteiger partial charge in [0.2, 0.25) is 5.60 Å². The van der Waals surface area contributed by atoms with Gasteiger partial charge >= 0.3 is 6.18 Å². The highest BCUT2D eigenvalue weighted by molar-refractivity contribution is 6.33. The molecule has 1 aliphatic rings. The molecule has 11 heteroatoms. The van der Waals surface area contributed by atoms with Gasteiger partial charge in [0.15, 0.2) is 0 Å². The highest BCUT2D eigenvalue weighted by atomic mass is 35.5. The maximum atomic E-state index is 14.7. The van der Waals surface area contributed by atoms with Crippen LogP contribution < -0.4 is 10.9 Å². The lowest BCUT2D eigenvalue weighted by Gasteiger charge is -2.28. The third-order valence-corrected chi connectivity index (χ3v) is 6.70. The van der Waals surface area contributed by atoms with Crippen molar-refractivity contribution in [1.82, 2.24) is 15.2 Å². The molecule has 0 radical (unpaired) electrons. The van der Waals surface area contributed by atoms with Crippen molar-refractivity contribution in [1.29, 1.82) is 0 Å². The molecule has 6 nitrogen and oxygen atoms in total. The Morgan fingerprint density at radius 3 is 2.51 bits per heavy atom. The van der Waals surface area contributed by atoms with Crippen LogP contribution in [0.4, 0.5) is 23.2 Å². The number of halogens is 5. The quantitative estimate of drug-likeness (QED) is 0.224. The van der Waals surface area contributed by atoms with E-state index in [2.05, 4.69) is 16.0 Å². The van der Waals surface area contributed by atoms with Crippen molar-refractivity contribution in [2.24, 2.45) is 0 Å². The van der Waals surface area contributed by atoms with Crippen LogP contribution in [0, 0.1) is 5.82 Å². The molecule has 1 heterocycles. The number of alkyl halides is 3. The molecule has 0 fully saturated rings. The number of aliphatic hydroxyl groups is 1. The third-order valence-electron chi connectivity index (χ3n) is 6.37. The number of hydrogen-bond acceptors (Lipinski definition) is 4. The summed E-state index contributed by atoms with van der Waals surface area (Å²) in [5.74, 6) is -1.43. The summed E-state index contributed by atoms with van der Waals surface area (Å²) in [7, 11) is 0. The van der Waals surface area contributed by atoms with Crippen LogP contribution in [-0.4, -0.2) is 27.0 Å². The normalized spacial score (nSPS) is 17.2. The van der Waals surface area contributed by atoms with E-state index in [9.17, 15) is 27.5 Å². The molecule has 0 aliphatic heterocycles. The first kappa shape index (κ1) is 24.8. The molecule has 37 heavy (non-hydrogen) atoms. The fourth-order valence-electron chi connectivity index (χ4n) is 4.48. The lowest BCUT2D eigenvalue weighted by Crippen LogP contribution is -2.41. The average molecular weight is 531 g/mol. The van der Waals surface area contributed by atoms with Crippen LogP contribution in [0.3, 0.4) is 0 Å². The first-order valence-electron chi connectivity index (χ1n) is 11.1. The zero-order chi connectivity index (χ0) is 26.5. The van der Waals surface area contributed by atoms with E-state index in [1.165, 1.54) is 35.3 Å². The molecule has 5 rings (SSSR count). The Kier molecular flexibility index (Phi) is 5.96. The van der Waals surface area contributed by atoms with Gasteiger partial charge in [-0.05, 0) is 47.9 Å². The number of carbonyl (C=O) groups is 1. The van der Waals surface area contributed by atoms with Crippen molar-refractivity contribution in [3.63, 3.8) is 0 Å². The highest BCUT2D eigenvalue weighted by Crippen LogP contribution is 2.57. The van der Waals surface area contributed by atoms with Crippen molar-refractivity contribution in [2.75, 3.05) is 5.43 Å². The number of nitrogens with zero attached hydrogens (tertiary/aromatic N) is 2. The smallest absolute Gasteiger partial charge is 0.372 e. The molecular weight excluding hydrogens is 512 g/mol. The van der Waals surface area contributed by atoms with Crippen LogP contribution in [0.15, 0.2) is 73.1 Å². The van der Waals surface area contributed by atoms with Crippen molar-refractivity contribution in [3.05, 3.63) is 95.0 Å². The van der Waals surface area contributed by atoms with Crippen LogP contribution in [0.1, 0.15) is 24.1 Å². The highest BCUT2D eigenvalue weighted by Gasteiger charge is 2.61. The van der Waals surface area contributed by atoms with Crippen LogP contribution in [0.5, 0.6) is 0 Å². The van der Waals surface area contributed by atoms with Crippen molar-refractivity contribution in [2.45, 2.75) is 24.7 Å². The number of carbonyl (C=O) groups excluding carboxylic acids is 1. The molecule has 2 unspecified atom stereocenters. The summed E-state index contributed by atoms with van der Waals surface area (Å²) >= 11 is 6.07. The zero-order valence-corrected chi connectivity index (χ0v) is 19.9. The van der Waals surface area contributed by atoms with E-state index >= 15 is 0 Å². The number of rotatable bonds is 5. The van der Waals surface area contributed by atoms with E-state index in [0.717, 1.165) is 6.07 Å². The van der Waals surface area contributed by atoms with E-state index in [1.807, 2.05) is 0 Å². The molecule has 2 atom stereocenters. The Morgan fingerprint density at radius 1 is 1.08 bits per heavy atom. The molecule has 3 aromatic carbocycles. The van der Waals surface area contributed by atoms with Crippen molar-refractivity contribution < 1.29 is 27.5 Å². The predicted octanol–water partition coefficient (Wildman–Crippen LogP) is 5.83. The second-order valence-corrected chi connectivity index (χ2v) is 9.02. The van der Waals surface area contributed by atoms with E-state index in [4.69, 9.17) is 11.6 Å². The Labute approximate surface area is 213 Å². The molecule has 1 aromatic heterocycles. The molecule has 3 N–H and O–H groups in total. The molecule has 190 valence electrons. The lowest BCUT2D eigenvalue weighted by atomic mass is 9.89. The predicted molar refractivity (Wildman–Crippen MR) is 130 cm³/mol. The monoisotopic (exact) mass is 530 g/mol. The average Bonchev–Trinajstić information content (AvgIpc) is 3.45. The van der Waals surface area contributed by atoms with Gasteiger partial charge in [0.05, 0.1) is 16.9 Å². The Bertz CT molecular complexity index is 1520. The molecule has 1 aliphatic carbocycles. The van der Waals surface area contributed by atoms with Gasteiger partial charge in [-0.3, -0.25) is 20.3 Å². The third kappa shape index (κ3) is 4.02. The number of hydrazine groups is 1. The largest absolute Gasteiger partial charge is 0.425 e. The number of aromatic nitrogens is 2. The summed E-state index contributed by atoms with van der Waals surface area (Å²) in [5, 5.41) is 15.5. The number of benzene rings is 3. The van der Waals surface area contributed by atoms with Crippen LogP contribution in [-0.2, 0) is 10.4 Å². The molecule has 0 spiro atoms. The van der Waals surface area contributed by atoms with Gasteiger partial charge in [-0.1, -0.05) is 48.0 Å². The van der Waals surface area contributed by atoms with E-state index in [1.54, 1.807) is 37.3 Å². The summed E-state index contributed by atoms with van der Waals surface area (Å²) in [6.45, 7) is 1.56. The molecular formula is C26H19ClF4N4O2. The van der Waals surface area contributed by atoms with Gasteiger partial charge in [0.25, 0.3) is 5.91 Å². The van der Waals surface area contributed by atoms with E-state index < -0.39 is 35.1 Å². The maximum Gasteiger partial charge on any atom is 0.425 e. The minimum atomic E-state index is -5.09. The van der Waals surface area contributed by atoms with Crippen LogP contribution >= 0.6 is 11.6 Å². The Morgan fingerprint density at radius 2 is 1.78 bits per heavy atom. The Balaban J connectivity index is 1.50. The van der Waals surface area contributed by atoms with Gasteiger partial charge < -0.3 is 5.11 Å². The Hall–Kier alpha value is -3.89. The molecule has 1 amide bonds. The van der Waals surface area contributed by atoms with Gasteiger partial charge in [0, 0.05) is 22.9 Å². The number of anilines is 1. The summed E-state index contributed by atoms with van der Waals surface area (Å²) in [5.41, 5.74) is 1.95. The fraction of sp³-hybridized carbons (Fsp3) is 0.154. The van der Waals surface area contributed by atoms with Gasteiger partial charge in [0.1, 0.15) is 11.9 Å². The van der Waals surface area contributed by atoms with Crippen molar-refractivity contribution in [3.8, 4) is 22.3 Å². The van der Waals surface area contributed by atoms with Gasteiger partial charge in [-0.15, -0.1) is 0 Å². The lowest BCUT2D eigenvalue weighted by molar-refractivity contribution is -0.246. The summed E-state index contributed by atoms with van der Waals surface area (Å²) in [6.07, 6.45) is -2.33.